The van der Waals surface area contributed by atoms with Crippen molar-refractivity contribution in [2.75, 3.05) is 33.4 Å². The Morgan fingerprint density at radius 1 is 1.62 bits per heavy atom. The molecule has 1 aliphatic heterocycles. The highest BCUT2D eigenvalue weighted by molar-refractivity contribution is 7.89. The first-order chi connectivity index (χ1) is 9.91. The summed E-state index contributed by atoms with van der Waals surface area (Å²) in [5.41, 5.74) is 0.507. The van der Waals surface area contributed by atoms with Crippen LogP contribution in [0.5, 0.6) is 0 Å². The normalized spacial score (nSPS) is 20.4. The number of aryl methyl sites for hydroxylation is 1. The number of esters is 1. The number of methoxy groups -OCH3 is 1. The van der Waals surface area contributed by atoms with E-state index in [1.54, 1.807) is 12.3 Å². The fourth-order valence-corrected chi connectivity index (χ4v) is 5.25. The van der Waals surface area contributed by atoms with Gasteiger partial charge < -0.3 is 14.6 Å². The van der Waals surface area contributed by atoms with Crippen LogP contribution in [0.2, 0.25) is 0 Å². The zero-order valence-corrected chi connectivity index (χ0v) is 13.4. The number of thiophene rings is 1. The molecular weight excluding hydrogens is 318 g/mol. The summed E-state index contributed by atoms with van der Waals surface area (Å²) >= 11 is 1.05. The number of carbonyl (C=O) groups excluding carboxylic acids is 1. The number of nitrogens with zero attached hydrogens (tertiary/aromatic N) is 1. The van der Waals surface area contributed by atoms with Crippen LogP contribution in [0.1, 0.15) is 15.2 Å². The molecule has 1 N–H and O–H groups in total. The van der Waals surface area contributed by atoms with Crippen molar-refractivity contribution >= 4 is 27.3 Å². The van der Waals surface area contributed by atoms with Gasteiger partial charge in [0.2, 0.25) is 10.0 Å². The minimum atomic E-state index is -3.83. The van der Waals surface area contributed by atoms with Crippen LogP contribution in [0.15, 0.2) is 10.3 Å². The van der Waals surface area contributed by atoms with Crippen molar-refractivity contribution in [2.45, 2.75) is 17.9 Å². The molecular formula is C12H17NO6S2. The van der Waals surface area contributed by atoms with Crippen LogP contribution in [0.25, 0.3) is 0 Å². The van der Waals surface area contributed by atoms with Gasteiger partial charge in [-0.1, -0.05) is 0 Å². The van der Waals surface area contributed by atoms with Crippen molar-refractivity contribution in [3.8, 4) is 0 Å². The molecule has 1 aromatic rings. The largest absolute Gasteiger partial charge is 0.465 e. The standard InChI is InChI=1S/C12H17NO6S2/c1-8-7-20-10(12(15)18-2)11(8)21(16,17)13-3-4-19-9(5-13)6-14/h7,9,14H,3-6H2,1-2H3. The van der Waals surface area contributed by atoms with Crippen molar-refractivity contribution < 1.29 is 27.8 Å². The van der Waals surface area contributed by atoms with E-state index < -0.39 is 22.1 Å². The Morgan fingerprint density at radius 2 is 2.33 bits per heavy atom. The molecule has 7 nitrogen and oxygen atoms in total. The number of morpholine rings is 1. The number of sulfonamides is 1. The molecule has 1 atom stereocenters. The van der Waals surface area contributed by atoms with Gasteiger partial charge in [-0.15, -0.1) is 11.3 Å². The summed E-state index contributed by atoms with van der Waals surface area (Å²) < 4.78 is 36.6. The number of aliphatic hydroxyl groups excluding tert-OH is 1. The molecule has 0 aliphatic carbocycles. The van der Waals surface area contributed by atoms with Gasteiger partial charge in [-0.05, 0) is 17.9 Å². The van der Waals surface area contributed by atoms with Crippen molar-refractivity contribution in [1.82, 2.24) is 4.31 Å². The Hall–Kier alpha value is -1.00. The number of aliphatic hydroxyl groups is 1. The minimum Gasteiger partial charge on any atom is -0.465 e. The third-order valence-corrected chi connectivity index (χ3v) is 6.45. The van der Waals surface area contributed by atoms with Crippen LogP contribution >= 0.6 is 11.3 Å². The zero-order chi connectivity index (χ0) is 15.6. The fourth-order valence-electron chi connectivity index (χ4n) is 2.14. The second-order valence-electron chi connectivity index (χ2n) is 4.61. The molecule has 0 amide bonds. The highest BCUT2D eigenvalue weighted by Gasteiger charge is 2.35. The lowest BCUT2D eigenvalue weighted by Gasteiger charge is -2.31. The Labute approximate surface area is 127 Å². The SMILES string of the molecule is COC(=O)c1scc(C)c1S(=O)(=O)N1CCOC(CO)C1. The Morgan fingerprint density at radius 3 is 2.95 bits per heavy atom. The molecule has 21 heavy (non-hydrogen) atoms. The van der Waals surface area contributed by atoms with E-state index in [0.29, 0.717) is 5.56 Å². The van der Waals surface area contributed by atoms with Crippen LogP contribution in [0, 0.1) is 6.92 Å². The lowest BCUT2D eigenvalue weighted by Crippen LogP contribution is -2.47. The molecule has 0 radical (unpaired) electrons. The van der Waals surface area contributed by atoms with Crippen LogP contribution < -0.4 is 0 Å². The molecule has 0 spiro atoms. The maximum absolute atomic E-state index is 12.8. The number of hydrogen-bond acceptors (Lipinski definition) is 7. The minimum absolute atomic E-state index is 0.0158. The van der Waals surface area contributed by atoms with Crippen molar-refractivity contribution in [3.63, 3.8) is 0 Å². The monoisotopic (exact) mass is 335 g/mol. The molecule has 1 aromatic heterocycles. The predicted octanol–water partition coefficient (Wildman–Crippen LogP) is 0.225. The van der Waals surface area contributed by atoms with E-state index in [1.807, 2.05) is 0 Å². The summed E-state index contributed by atoms with van der Waals surface area (Å²) in [6.07, 6.45) is -0.547. The number of carbonyl (C=O) groups is 1. The lowest BCUT2D eigenvalue weighted by molar-refractivity contribution is -0.0304. The highest BCUT2D eigenvalue weighted by atomic mass is 32.2. The van der Waals surface area contributed by atoms with Crippen molar-refractivity contribution in [2.24, 2.45) is 0 Å². The lowest BCUT2D eigenvalue weighted by atomic mass is 10.3. The third kappa shape index (κ3) is 3.11. The van der Waals surface area contributed by atoms with Crippen molar-refractivity contribution in [3.05, 3.63) is 15.8 Å². The summed E-state index contributed by atoms with van der Waals surface area (Å²) in [5.74, 6) is -0.668. The molecule has 0 saturated carbocycles. The summed E-state index contributed by atoms with van der Waals surface area (Å²) in [6.45, 7) is 1.85. The molecule has 1 unspecified atom stereocenters. The first-order valence-corrected chi connectivity index (χ1v) is 8.62. The third-order valence-electron chi connectivity index (χ3n) is 3.19. The van der Waals surface area contributed by atoms with Crippen LogP contribution in [-0.4, -0.2) is 63.3 Å². The second kappa shape index (κ2) is 6.41. The highest BCUT2D eigenvalue weighted by Crippen LogP contribution is 2.30. The van der Waals surface area contributed by atoms with Gasteiger partial charge in [-0.2, -0.15) is 4.31 Å². The van der Waals surface area contributed by atoms with E-state index >= 15 is 0 Å². The molecule has 1 fully saturated rings. The van der Waals surface area contributed by atoms with E-state index in [4.69, 9.17) is 9.84 Å². The molecule has 0 bridgehead atoms. The molecule has 1 saturated heterocycles. The summed E-state index contributed by atoms with van der Waals surface area (Å²) in [4.78, 5) is 11.8. The van der Waals surface area contributed by atoms with Crippen molar-refractivity contribution in [1.29, 1.82) is 0 Å². The van der Waals surface area contributed by atoms with E-state index in [2.05, 4.69) is 4.74 Å². The van der Waals surface area contributed by atoms with Gasteiger partial charge in [0.15, 0.2) is 0 Å². The molecule has 2 heterocycles. The Kier molecular flexibility index (Phi) is 4.99. The topological polar surface area (TPSA) is 93.1 Å². The van der Waals surface area contributed by atoms with Gasteiger partial charge in [0, 0.05) is 13.1 Å². The molecule has 9 heteroatoms. The van der Waals surface area contributed by atoms with E-state index in [1.165, 1.54) is 11.4 Å². The van der Waals surface area contributed by atoms with Crippen LogP contribution in [-0.2, 0) is 19.5 Å². The van der Waals surface area contributed by atoms with Gasteiger partial charge in [0.05, 0.1) is 26.4 Å². The quantitative estimate of drug-likeness (QED) is 0.792. The smallest absolute Gasteiger partial charge is 0.349 e. The maximum Gasteiger partial charge on any atom is 0.349 e. The number of hydrogen-bond donors (Lipinski definition) is 1. The van der Waals surface area contributed by atoms with E-state index in [0.717, 1.165) is 11.3 Å². The average molecular weight is 335 g/mol. The molecule has 118 valence electrons. The summed E-state index contributed by atoms with van der Waals surface area (Å²) in [7, 11) is -2.61. The first-order valence-electron chi connectivity index (χ1n) is 6.30. The molecule has 1 aliphatic rings. The maximum atomic E-state index is 12.8. The molecule has 0 aromatic carbocycles. The van der Waals surface area contributed by atoms with Gasteiger partial charge in [-0.25, -0.2) is 13.2 Å². The Balaban J connectivity index is 2.40. The fraction of sp³-hybridized carbons (Fsp3) is 0.583. The summed E-state index contributed by atoms with van der Waals surface area (Å²) in [6, 6.07) is 0. The molecule has 2 rings (SSSR count). The number of ether oxygens (including phenoxy) is 2. The zero-order valence-electron chi connectivity index (χ0n) is 11.7. The average Bonchev–Trinajstić information content (AvgIpc) is 2.89. The van der Waals surface area contributed by atoms with Gasteiger partial charge in [-0.3, -0.25) is 0 Å². The number of rotatable bonds is 4. The van der Waals surface area contributed by atoms with Crippen LogP contribution in [0.4, 0.5) is 0 Å². The predicted molar refractivity (Wildman–Crippen MR) is 76.0 cm³/mol. The van der Waals surface area contributed by atoms with Gasteiger partial charge >= 0.3 is 5.97 Å². The Bertz CT molecular complexity index is 624. The second-order valence-corrected chi connectivity index (χ2v) is 7.36. The van der Waals surface area contributed by atoms with Gasteiger partial charge in [0.25, 0.3) is 0 Å². The van der Waals surface area contributed by atoms with Crippen LogP contribution in [0.3, 0.4) is 0 Å². The first kappa shape index (κ1) is 16.4. The van der Waals surface area contributed by atoms with Gasteiger partial charge in [0.1, 0.15) is 9.77 Å². The van der Waals surface area contributed by atoms with E-state index in [9.17, 15) is 13.2 Å². The van der Waals surface area contributed by atoms with E-state index in [-0.39, 0.29) is 36.1 Å². The summed E-state index contributed by atoms with van der Waals surface area (Å²) in [5, 5.41) is 10.7.